The van der Waals surface area contributed by atoms with Gasteiger partial charge in [-0.3, -0.25) is 0 Å². The van der Waals surface area contributed by atoms with Gasteiger partial charge in [-0.1, -0.05) is 6.07 Å². The number of halogens is 3. The molecular weight excluding hydrogens is 943 g/mol. The molecule has 5 aromatic carbocycles. The van der Waals surface area contributed by atoms with Gasteiger partial charge in [-0.2, -0.15) is 5.26 Å². The van der Waals surface area contributed by atoms with Gasteiger partial charge in [0.15, 0.2) is 0 Å². The van der Waals surface area contributed by atoms with Crippen LogP contribution < -0.4 is 0 Å². The standard InChI is InChI=1S/C38H20I3N3O2S/c39-23-2-11-34-30(17-23)29-16-21(37-14-9-28(47-37)15-22(20-42)38(45)46)1-10-33(29)43(34)26-5-7-27(8-6-26)44-35-12-3-24(40)18-31(35)32-19-25(41)4-13-36(32)44/h1-19H,(H,45,46)/b22-15+. The van der Waals surface area contributed by atoms with Gasteiger partial charge in [0.2, 0.25) is 0 Å². The number of aromatic nitrogens is 2. The molecule has 0 unspecified atom stereocenters. The summed E-state index contributed by atoms with van der Waals surface area (Å²) in [6.45, 7) is 0. The summed E-state index contributed by atoms with van der Waals surface area (Å²) in [6, 6.07) is 40.7. The van der Waals surface area contributed by atoms with E-state index in [1.165, 1.54) is 51.7 Å². The van der Waals surface area contributed by atoms with Crippen LogP contribution in [0.4, 0.5) is 0 Å². The number of nitrogens with zero attached hydrogens (tertiary/aromatic N) is 3. The summed E-state index contributed by atoms with van der Waals surface area (Å²) in [4.78, 5) is 13.1. The Hall–Kier alpha value is -3.71. The number of carboxylic acid groups (broad SMARTS) is 1. The molecule has 0 atom stereocenters. The molecule has 226 valence electrons. The van der Waals surface area contributed by atoms with Gasteiger partial charge in [-0.25, -0.2) is 4.79 Å². The zero-order valence-electron chi connectivity index (χ0n) is 24.2. The molecule has 0 saturated carbocycles. The van der Waals surface area contributed by atoms with Crippen molar-refractivity contribution in [2.24, 2.45) is 0 Å². The van der Waals surface area contributed by atoms with Crippen LogP contribution in [0.15, 0.2) is 115 Å². The molecule has 8 aromatic rings. The molecule has 8 rings (SSSR count). The molecule has 0 saturated heterocycles. The highest BCUT2D eigenvalue weighted by molar-refractivity contribution is 14.1. The van der Waals surface area contributed by atoms with E-state index in [0.717, 1.165) is 46.7 Å². The van der Waals surface area contributed by atoms with E-state index in [-0.39, 0.29) is 5.57 Å². The minimum absolute atomic E-state index is 0.278. The van der Waals surface area contributed by atoms with Crippen LogP contribution in [0, 0.1) is 22.0 Å². The van der Waals surface area contributed by atoms with Crippen LogP contribution in [-0.2, 0) is 4.79 Å². The molecule has 1 N–H and O–H groups in total. The highest BCUT2D eigenvalue weighted by Gasteiger charge is 2.17. The maximum Gasteiger partial charge on any atom is 0.346 e. The highest BCUT2D eigenvalue weighted by atomic mass is 127. The molecule has 47 heavy (non-hydrogen) atoms. The summed E-state index contributed by atoms with van der Waals surface area (Å²) in [5.74, 6) is -1.22. The minimum atomic E-state index is -1.22. The second kappa shape index (κ2) is 12.1. The van der Waals surface area contributed by atoms with Gasteiger partial charge in [0.25, 0.3) is 0 Å². The molecular formula is C38H20I3N3O2S. The van der Waals surface area contributed by atoms with Gasteiger partial charge in [0.05, 0.1) is 22.1 Å². The lowest BCUT2D eigenvalue weighted by Gasteiger charge is -2.12. The molecule has 0 fully saturated rings. The number of carbonyl (C=O) groups is 1. The third-order valence-corrected chi connectivity index (χ3v) is 11.4. The number of nitriles is 1. The zero-order valence-corrected chi connectivity index (χ0v) is 31.5. The van der Waals surface area contributed by atoms with E-state index in [1.807, 2.05) is 12.1 Å². The predicted octanol–water partition coefficient (Wildman–Crippen LogP) is 11.4. The van der Waals surface area contributed by atoms with E-state index in [4.69, 9.17) is 0 Å². The fraction of sp³-hybridized carbons (Fsp3) is 0. The molecule has 0 radical (unpaired) electrons. The maximum absolute atomic E-state index is 11.3. The summed E-state index contributed by atoms with van der Waals surface area (Å²) in [7, 11) is 0. The van der Waals surface area contributed by atoms with Crippen molar-refractivity contribution in [2.45, 2.75) is 0 Å². The number of aliphatic carboxylic acids is 1. The molecule has 0 spiro atoms. The third-order valence-electron chi connectivity index (χ3n) is 8.33. The van der Waals surface area contributed by atoms with Crippen molar-refractivity contribution in [3.63, 3.8) is 0 Å². The van der Waals surface area contributed by atoms with Crippen molar-refractivity contribution in [2.75, 3.05) is 0 Å². The fourth-order valence-corrected chi connectivity index (χ4v) is 8.71. The molecule has 0 aliphatic rings. The lowest BCUT2D eigenvalue weighted by molar-refractivity contribution is -0.132. The number of carboxylic acids is 1. The van der Waals surface area contributed by atoms with Crippen LogP contribution in [0.25, 0.3) is 71.5 Å². The Morgan fingerprint density at radius 2 is 1.09 bits per heavy atom. The van der Waals surface area contributed by atoms with Gasteiger partial charge in [0.1, 0.15) is 11.6 Å². The Morgan fingerprint density at radius 1 is 0.638 bits per heavy atom. The maximum atomic E-state index is 11.3. The van der Waals surface area contributed by atoms with Gasteiger partial charge in [-0.05, 0) is 183 Å². The van der Waals surface area contributed by atoms with E-state index in [1.54, 1.807) is 6.07 Å². The summed E-state index contributed by atoms with van der Waals surface area (Å²) >= 11 is 8.60. The first-order chi connectivity index (χ1) is 22.8. The summed E-state index contributed by atoms with van der Waals surface area (Å²) < 4.78 is 8.26. The van der Waals surface area contributed by atoms with E-state index >= 15 is 0 Å². The van der Waals surface area contributed by atoms with Gasteiger partial charge < -0.3 is 14.2 Å². The first-order valence-corrected chi connectivity index (χ1v) is 18.5. The number of hydrogen-bond acceptors (Lipinski definition) is 3. The topological polar surface area (TPSA) is 71.0 Å². The largest absolute Gasteiger partial charge is 0.477 e. The highest BCUT2D eigenvalue weighted by Crippen LogP contribution is 2.39. The first-order valence-electron chi connectivity index (χ1n) is 14.5. The summed E-state index contributed by atoms with van der Waals surface area (Å²) in [5, 5.41) is 23.3. The Labute approximate surface area is 314 Å². The van der Waals surface area contributed by atoms with Crippen molar-refractivity contribution >= 4 is 135 Å². The van der Waals surface area contributed by atoms with Crippen molar-refractivity contribution in [1.29, 1.82) is 5.26 Å². The van der Waals surface area contributed by atoms with Gasteiger partial charge in [-0.15, -0.1) is 11.3 Å². The van der Waals surface area contributed by atoms with E-state index in [2.05, 4.69) is 174 Å². The van der Waals surface area contributed by atoms with Crippen LogP contribution in [-0.4, -0.2) is 20.2 Å². The summed E-state index contributed by atoms with van der Waals surface area (Å²) in [6.07, 6.45) is 1.42. The minimum Gasteiger partial charge on any atom is -0.477 e. The van der Waals surface area contributed by atoms with Crippen LogP contribution in [0.1, 0.15) is 4.88 Å². The number of fused-ring (bicyclic) bond motifs is 6. The number of benzene rings is 5. The molecule has 3 aromatic heterocycles. The van der Waals surface area contributed by atoms with Crippen molar-refractivity contribution in [3.8, 4) is 27.9 Å². The Bertz CT molecular complexity index is 2600. The second-order valence-electron chi connectivity index (χ2n) is 11.1. The molecule has 9 heteroatoms. The average Bonchev–Trinajstić information content (AvgIpc) is 3.75. The van der Waals surface area contributed by atoms with Crippen molar-refractivity contribution < 1.29 is 9.90 Å². The second-order valence-corrected chi connectivity index (χ2v) is 15.9. The smallest absolute Gasteiger partial charge is 0.346 e. The van der Waals surface area contributed by atoms with Gasteiger partial charge in [0, 0.05) is 53.4 Å². The molecule has 0 aliphatic heterocycles. The average molecular weight is 963 g/mol. The molecule has 0 aliphatic carbocycles. The van der Waals surface area contributed by atoms with E-state index in [0.29, 0.717) is 0 Å². The van der Waals surface area contributed by atoms with E-state index in [9.17, 15) is 15.2 Å². The predicted molar refractivity (Wildman–Crippen MR) is 218 cm³/mol. The fourth-order valence-electron chi connectivity index (χ4n) is 6.29. The Balaban J connectivity index is 1.25. The van der Waals surface area contributed by atoms with Crippen LogP contribution >= 0.6 is 79.1 Å². The van der Waals surface area contributed by atoms with Crippen molar-refractivity contribution in [3.05, 3.63) is 130 Å². The number of rotatable bonds is 5. The quantitative estimate of drug-likeness (QED) is 0.106. The summed E-state index contributed by atoms with van der Waals surface area (Å²) in [5.41, 5.74) is 7.56. The third kappa shape index (κ3) is 5.35. The number of thiophene rings is 1. The number of hydrogen-bond donors (Lipinski definition) is 1. The molecule has 0 amide bonds. The Morgan fingerprint density at radius 3 is 1.53 bits per heavy atom. The molecule has 5 nitrogen and oxygen atoms in total. The first kappa shape index (κ1) is 30.6. The lowest BCUT2D eigenvalue weighted by Crippen LogP contribution is -1.97. The van der Waals surface area contributed by atoms with E-state index < -0.39 is 5.97 Å². The normalized spacial score (nSPS) is 12.0. The van der Waals surface area contributed by atoms with Gasteiger partial charge >= 0.3 is 5.97 Å². The SMILES string of the molecule is N#C/C(=C\c1ccc(-c2ccc3c(c2)c2cc(I)ccc2n3-c2ccc(-n3c4ccc(I)cc4c4cc(I)ccc43)cc2)s1)C(=O)O. The van der Waals surface area contributed by atoms with Crippen LogP contribution in [0.5, 0.6) is 0 Å². The lowest BCUT2D eigenvalue weighted by atomic mass is 10.1. The zero-order chi connectivity index (χ0) is 32.4. The van der Waals surface area contributed by atoms with Crippen molar-refractivity contribution in [1.82, 2.24) is 9.13 Å². The molecule has 3 heterocycles. The van der Waals surface area contributed by atoms with Crippen LogP contribution in [0.2, 0.25) is 0 Å². The molecule has 0 bridgehead atoms. The van der Waals surface area contributed by atoms with Crippen LogP contribution in [0.3, 0.4) is 0 Å². The Kier molecular flexibility index (Phi) is 7.86. The monoisotopic (exact) mass is 963 g/mol.